The standard InChI is InChI=1S/C10H14N4S2/c11-9(12)15-5-7-2-1-3-8(4-7)6-16-10(13)14/h1-4H,5-6H2,(H3,11,12)(H3,13,14)/p+2. The third kappa shape index (κ3) is 5.09. The van der Waals surface area contributed by atoms with Crippen LogP contribution in [0.25, 0.3) is 0 Å². The first-order chi connectivity index (χ1) is 7.58. The van der Waals surface area contributed by atoms with Crippen LogP contribution in [0.3, 0.4) is 0 Å². The second-order valence-corrected chi connectivity index (χ2v) is 5.30. The Bertz CT molecular complexity index is 359. The van der Waals surface area contributed by atoms with Crippen LogP contribution >= 0.6 is 23.5 Å². The average molecular weight is 256 g/mol. The largest absolute Gasteiger partial charge is 0.300 e. The first-order valence-electron chi connectivity index (χ1n) is 4.67. The minimum absolute atomic E-state index is 0.388. The molecule has 0 saturated carbocycles. The van der Waals surface area contributed by atoms with Crippen molar-refractivity contribution in [3.8, 4) is 0 Å². The number of hydrogen-bond donors (Lipinski definition) is 4. The molecule has 0 atom stereocenters. The lowest BCUT2D eigenvalue weighted by atomic mass is 10.2. The summed E-state index contributed by atoms with van der Waals surface area (Å²) in [6, 6.07) is 8.19. The summed E-state index contributed by atoms with van der Waals surface area (Å²) in [5.41, 5.74) is 13.2. The molecule has 0 heterocycles. The van der Waals surface area contributed by atoms with Gasteiger partial charge in [0.05, 0.1) is 0 Å². The molecule has 1 aromatic carbocycles. The maximum Gasteiger partial charge on any atom is 0.300 e. The maximum atomic E-state index is 5.39. The molecule has 0 aliphatic carbocycles. The molecule has 0 radical (unpaired) electrons. The zero-order chi connectivity index (χ0) is 12.0. The Morgan fingerprint density at radius 3 is 1.81 bits per heavy atom. The first-order valence-corrected chi connectivity index (χ1v) is 6.64. The summed E-state index contributed by atoms with van der Waals surface area (Å²) < 4.78 is 0. The molecule has 16 heavy (non-hydrogen) atoms. The molecule has 0 fully saturated rings. The number of benzene rings is 1. The van der Waals surface area contributed by atoms with E-state index >= 15 is 0 Å². The van der Waals surface area contributed by atoms with Gasteiger partial charge in [-0.3, -0.25) is 22.3 Å². The van der Waals surface area contributed by atoms with Gasteiger partial charge in [0.1, 0.15) is 0 Å². The van der Waals surface area contributed by atoms with Crippen LogP contribution in [-0.4, -0.2) is 10.3 Å². The Labute approximate surface area is 103 Å². The highest BCUT2D eigenvalue weighted by Crippen LogP contribution is 2.16. The highest BCUT2D eigenvalue weighted by molar-refractivity contribution is 8.13. The fourth-order valence-corrected chi connectivity index (χ4v) is 2.17. The SMILES string of the molecule is NC(=[NH2+])SCc1cccc(CSC(N)=[NH2+])c1. The molecule has 0 amide bonds. The van der Waals surface area contributed by atoms with Crippen LogP contribution in [-0.2, 0) is 11.5 Å². The van der Waals surface area contributed by atoms with Crippen molar-refractivity contribution in [3.05, 3.63) is 35.4 Å². The lowest BCUT2D eigenvalue weighted by molar-refractivity contribution is -0.110. The molecule has 0 aromatic heterocycles. The van der Waals surface area contributed by atoms with Crippen molar-refractivity contribution in [2.45, 2.75) is 11.5 Å². The summed E-state index contributed by atoms with van der Waals surface area (Å²) in [6.45, 7) is 0. The van der Waals surface area contributed by atoms with Crippen LogP contribution in [0.2, 0.25) is 0 Å². The van der Waals surface area contributed by atoms with Crippen LogP contribution < -0.4 is 22.3 Å². The van der Waals surface area contributed by atoms with E-state index in [1.54, 1.807) is 0 Å². The summed E-state index contributed by atoms with van der Waals surface area (Å²) in [4.78, 5) is 0. The zero-order valence-electron chi connectivity index (χ0n) is 8.85. The van der Waals surface area contributed by atoms with Crippen LogP contribution in [0, 0.1) is 0 Å². The molecule has 0 aliphatic rings. The summed E-state index contributed by atoms with van der Waals surface area (Å²) in [7, 11) is 0. The van der Waals surface area contributed by atoms with E-state index in [2.05, 4.69) is 6.07 Å². The van der Waals surface area contributed by atoms with Crippen molar-refractivity contribution >= 4 is 33.9 Å². The Morgan fingerprint density at radius 2 is 1.44 bits per heavy atom. The van der Waals surface area contributed by atoms with E-state index in [4.69, 9.17) is 22.3 Å². The zero-order valence-corrected chi connectivity index (χ0v) is 10.5. The van der Waals surface area contributed by atoms with E-state index < -0.39 is 0 Å². The predicted octanol–water partition coefficient (Wildman–Crippen LogP) is -1.70. The van der Waals surface area contributed by atoms with Crippen LogP contribution in [0.15, 0.2) is 24.3 Å². The van der Waals surface area contributed by atoms with Gasteiger partial charge in [-0.05, 0) is 34.7 Å². The second kappa shape index (κ2) is 6.44. The normalized spacial score (nSPS) is 10.0. The summed E-state index contributed by atoms with van der Waals surface area (Å²) in [5, 5.41) is 11.6. The van der Waals surface area contributed by atoms with Gasteiger partial charge in [0.2, 0.25) is 0 Å². The molecular formula is C10H16N4S2+2. The Kier molecular flexibility index (Phi) is 5.21. The molecule has 1 rings (SSSR count). The van der Waals surface area contributed by atoms with Gasteiger partial charge in [-0.1, -0.05) is 24.3 Å². The quantitative estimate of drug-likeness (QED) is 0.381. The number of nitrogens with two attached hydrogens (primary N) is 4. The molecule has 0 saturated heterocycles. The second-order valence-electron chi connectivity index (χ2n) is 3.20. The van der Waals surface area contributed by atoms with Crippen molar-refractivity contribution in [2.24, 2.45) is 11.5 Å². The fraction of sp³-hybridized carbons (Fsp3) is 0.200. The van der Waals surface area contributed by atoms with Gasteiger partial charge < -0.3 is 0 Å². The highest BCUT2D eigenvalue weighted by Gasteiger charge is 2.02. The topological polar surface area (TPSA) is 103 Å². The maximum absolute atomic E-state index is 5.39. The number of hydrogen-bond acceptors (Lipinski definition) is 2. The van der Waals surface area contributed by atoms with E-state index in [0.29, 0.717) is 10.3 Å². The third-order valence-electron chi connectivity index (χ3n) is 1.80. The van der Waals surface area contributed by atoms with E-state index in [0.717, 1.165) is 11.5 Å². The van der Waals surface area contributed by atoms with Gasteiger partial charge in [0.15, 0.2) is 0 Å². The lowest BCUT2D eigenvalue weighted by Crippen LogP contribution is -2.43. The van der Waals surface area contributed by atoms with E-state index in [-0.39, 0.29) is 0 Å². The minimum atomic E-state index is 0.388. The molecule has 0 unspecified atom stereocenters. The first kappa shape index (κ1) is 12.9. The van der Waals surface area contributed by atoms with E-state index in [1.165, 1.54) is 34.7 Å². The molecule has 86 valence electrons. The van der Waals surface area contributed by atoms with Crippen molar-refractivity contribution in [1.82, 2.24) is 0 Å². The molecule has 4 nitrogen and oxygen atoms in total. The monoisotopic (exact) mass is 256 g/mol. The molecule has 0 aliphatic heterocycles. The number of amidine groups is 2. The molecule has 8 N–H and O–H groups in total. The Hall–Kier alpha value is -1.14. The van der Waals surface area contributed by atoms with Gasteiger partial charge in [-0.2, -0.15) is 0 Å². The van der Waals surface area contributed by atoms with Crippen LogP contribution in [0.1, 0.15) is 11.1 Å². The third-order valence-corrected chi connectivity index (χ3v) is 3.42. The smallest absolute Gasteiger partial charge is 0.282 e. The van der Waals surface area contributed by atoms with Crippen molar-refractivity contribution in [3.63, 3.8) is 0 Å². The highest BCUT2D eigenvalue weighted by atomic mass is 32.2. The minimum Gasteiger partial charge on any atom is -0.282 e. The molecule has 0 spiro atoms. The summed E-state index contributed by atoms with van der Waals surface area (Å²) in [6.07, 6.45) is 0. The fourth-order valence-electron chi connectivity index (χ4n) is 1.14. The van der Waals surface area contributed by atoms with Gasteiger partial charge >= 0.3 is 0 Å². The van der Waals surface area contributed by atoms with Gasteiger partial charge in [-0.15, -0.1) is 0 Å². The van der Waals surface area contributed by atoms with Crippen LogP contribution in [0.5, 0.6) is 0 Å². The predicted molar refractivity (Wildman–Crippen MR) is 71.3 cm³/mol. The summed E-state index contributed by atoms with van der Waals surface area (Å²) >= 11 is 2.86. The summed E-state index contributed by atoms with van der Waals surface area (Å²) in [5.74, 6) is 1.56. The van der Waals surface area contributed by atoms with Crippen molar-refractivity contribution in [2.75, 3.05) is 0 Å². The Morgan fingerprint density at radius 1 is 1.00 bits per heavy atom. The number of thioether (sulfide) groups is 2. The number of rotatable bonds is 4. The Balaban J connectivity index is 2.56. The lowest BCUT2D eigenvalue weighted by Gasteiger charge is -2.02. The molecule has 1 aromatic rings. The van der Waals surface area contributed by atoms with Crippen LogP contribution in [0.4, 0.5) is 0 Å². The van der Waals surface area contributed by atoms with E-state index in [9.17, 15) is 0 Å². The molecule has 0 bridgehead atoms. The molecular weight excluding hydrogens is 240 g/mol. The van der Waals surface area contributed by atoms with Gasteiger partial charge in [0, 0.05) is 11.5 Å². The van der Waals surface area contributed by atoms with Crippen molar-refractivity contribution < 1.29 is 10.8 Å². The molecule has 6 heteroatoms. The van der Waals surface area contributed by atoms with Gasteiger partial charge in [0.25, 0.3) is 10.3 Å². The van der Waals surface area contributed by atoms with Gasteiger partial charge in [-0.25, -0.2) is 0 Å². The van der Waals surface area contributed by atoms with Crippen molar-refractivity contribution in [1.29, 1.82) is 0 Å². The van der Waals surface area contributed by atoms with E-state index in [1.807, 2.05) is 18.2 Å². The average Bonchev–Trinajstić information content (AvgIpc) is 2.24.